The number of terminal acetylenes is 1. The molecule has 1 aromatic rings. The molecule has 0 heterocycles. The summed E-state index contributed by atoms with van der Waals surface area (Å²) in [6.45, 7) is 0. The minimum atomic E-state index is -2.18. The maximum Gasteiger partial charge on any atom is 0.142 e. The van der Waals surface area contributed by atoms with E-state index in [4.69, 9.17) is 23.5 Å². The summed E-state index contributed by atoms with van der Waals surface area (Å²) in [5.41, 5.74) is -0.0212. The van der Waals surface area contributed by atoms with E-state index in [1.807, 2.05) is 0 Å². The topological polar surface area (TPSA) is 23.8 Å². The largest absolute Gasteiger partial charge is 0.239 e. The van der Waals surface area contributed by atoms with Crippen LogP contribution in [0.3, 0.4) is 0 Å². The van der Waals surface area contributed by atoms with E-state index in [0.717, 1.165) is 11.4 Å². The highest BCUT2D eigenvalue weighted by atomic mass is 33.5. The number of hydrogen-bond donors (Lipinski definition) is 0. The van der Waals surface area contributed by atoms with E-state index in [1.54, 1.807) is 12.1 Å². The monoisotopic (exact) mass is 351 g/mol. The molecule has 0 aliphatic rings. The Labute approximate surface area is 128 Å². The minimum Gasteiger partial charge on any atom is -0.239 e. The number of nitrogens with zero attached hydrogens (tertiary/aromatic N) is 1. The lowest BCUT2D eigenvalue weighted by molar-refractivity contribution is 0.608. The molecule has 1 nitrogen and oxygen atoms in total. The van der Waals surface area contributed by atoms with E-state index < -0.39 is 15.5 Å². The summed E-state index contributed by atoms with van der Waals surface area (Å²) < 4.78 is 23.8. The Morgan fingerprint density at radius 2 is 2.16 bits per heavy atom. The Morgan fingerprint density at radius 3 is 2.68 bits per heavy atom. The van der Waals surface area contributed by atoms with Gasteiger partial charge < -0.3 is 0 Å². The molecule has 19 heavy (non-hydrogen) atoms. The lowest BCUT2D eigenvalue weighted by Crippen LogP contribution is -1.83. The molecule has 1 unspecified atom stereocenters. The van der Waals surface area contributed by atoms with Crippen molar-refractivity contribution in [2.24, 2.45) is 0 Å². The third-order valence-electron chi connectivity index (χ3n) is 1.79. The summed E-state index contributed by atoms with van der Waals surface area (Å²) in [7, 11) is 0. The van der Waals surface area contributed by atoms with Crippen LogP contribution in [0.2, 0.25) is 0 Å². The highest BCUT2D eigenvalue weighted by molar-refractivity contribution is 9.23. The predicted octanol–water partition coefficient (Wildman–Crippen LogP) is 5.04. The molecule has 0 aliphatic carbocycles. The van der Waals surface area contributed by atoms with Crippen LogP contribution in [0.25, 0.3) is 0 Å². The quantitative estimate of drug-likeness (QED) is 0.528. The molecular formula is C11H8F2NPS4. The fraction of sp³-hybridized carbons (Fsp3) is 0.182. The Balaban J connectivity index is 2.91. The Kier molecular flexibility index (Phi) is 7.28. The first kappa shape index (κ1) is 16.9. The van der Waals surface area contributed by atoms with Crippen molar-refractivity contribution in [2.75, 3.05) is 11.8 Å². The van der Waals surface area contributed by atoms with Gasteiger partial charge in [-0.3, -0.25) is 0 Å². The van der Waals surface area contributed by atoms with Crippen molar-refractivity contribution < 1.29 is 8.78 Å². The molecule has 0 radical (unpaired) electrons. The van der Waals surface area contributed by atoms with Crippen molar-refractivity contribution in [3.63, 3.8) is 0 Å². The second-order valence-corrected chi connectivity index (χ2v) is 18.4. The second-order valence-electron chi connectivity index (χ2n) is 3.01. The molecule has 0 bridgehead atoms. The molecule has 0 fully saturated rings. The van der Waals surface area contributed by atoms with Crippen LogP contribution in [0.4, 0.5) is 8.78 Å². The molecular weight excluding hydrogens is 343 g/mol. The lowest BCUT2D eigenvalue weighted by atomic mass is 10.2. The normalized spacial score (nSPS) is 13.3. The van der Waals surface area contributed by atoms with Crippen LogP contribution in [0.15, 0.2) is 23.1 Å². The van der Waals surface area contributed by atoms with Crippen molar-refractivity contribution in [1.29, 1.82) is 5.26 Å². The Hall–Kier alpha value is -0.170. The number of benzene rings is 1. The van der Waals surface area contributed by atoms with Crippen molar-refractivity contribution in [3.05, 3.63) is 29.6 Å². The SMILES string of the molecule is C#CCSP(=S)(SCF)Sc1ccc(C#N)c(F)c1. The van der Waals surface area contributed by atoms with E-state index in [9.17, 15) is 8.78 Å². The van der Waals surface area contributed by atoms with Gasteiger partial charge in [-0.05, 0) is 18.2 Å². The van der Waals surface area contributed by atoms with Gasteiger partial charge in [-0.15, -0.1) is 6.42 Å². The number of alkyl halides is 1. The number of halogens is 2. The first-order chi connectivity index (χ1) is 9.04. The summed E-state index contributed by atoms with van der Waals surface area (Å²) in [6.07, 6.45) is 5.18. The zero-order valence-electron chi connectivity index (χ0n) is 9.51. The molecule has 1 rings (SSSR count). The van der Waals surface area contributed by atoms with Gasteiger partial charge in [0.1, 0.15) is 21.5 Å². The van der Waals surface area contributed by atoms with Crippen molar-refractivity contribution in [1.82, 2.24) is 0 Å². The molecule has 0 aromatic heterocycles. The van der Waals surface area contributed by atoms with Crippen molar-refractivity contribution in [3.8, 4) is 18.4 Å². The summed E-state index contributed by atoms with van der Waals surface area (Å²) in [4.78, 5) is 0.588. The molecule has 8 heteroatoms. The number of rotatable bonds is 6. The fourth-order valence-corrected chi connectivity index (χ4v) is 11.3. The highest BCUT2D eigenvalue weighted by Crippen LogP contribution is 2.79. The molecule has 100 valence electrons. The van der Waals surface area contributed by atoms with Crippen LogP contribution in [0.5, 0.6) is 0 Å². The van der Waals surface area contributed by atoms with E-state index in [1.165, 1.54) is 34.9 Å². The Bertz CT molecular complexity index is 579. The van der Waals surface area contributed by atoms with Gasteiger partial charge in [0.2, 0.25) is 0 Å². The first-order valence-electron chi connectivity index (χ1n) is 4.82. The molecule has 1 atom stereocenters. The van der Waals surface area contributed by atoms with E-state index in [2.05, 4.69) is 5.92 Å². The molecule has 0 N–H and O–H groups in total. The predicted molar refractivity (Wildman–Crippen MR) is 86.1 cm³/mol. The lowest BCUT2D eigenvalue weighted by Gasteiger charge is -2.17. The summed E-state index contributed by atoms with van der Waals surface area (Å²) in [5.74, 6) is 2.26. The molecule has 0 saturated carbocycles. The van der Waals surface area contributed by atoms with Gasteiger partial charge in [0.25, 0.3) is 0 Å². The smallest absolute Gasteiger partial charge is 0.142 e. The molecule has 0 saturated heterocycles. The van der Waals surface area contributed by atoms with Gasteiger partial charge in [-0.1, -0.05) is 51.9 Å². The zero-order valence-corrected chi connectivity index (χ0v) is 13.7. The molecule has 0 amide bonds. The average Bonchev–Trinajstić information content (AvgIpc) is 2.37. The minimum absolute atomic E-state index is 0.0212. The second kappa shape index (κ2) is 8.19. The van der Waals surface area contributed by atoms with Gasteiger partial charge in [0.15, 0.2) is 0 Å². The maximum absolute atomic E-state index is 13.5. The van der Waals surface area contributed by atoms with Gasteiger partial charge in [-0.2, -0.15) is 5.26 Å². The first-order valence-corrected chi connectivity index (χ1v) is 12.2. The van der Waals surface area contributed by atoms with Crippen molar-refractivity contribution in [2.45, 2.75) is 4.90 Å². The maximum atomic E-state index is 13.5. The van der Waals surface area contributed by atoms with Crippen LogP contribution >= 0.6 is 37.8 Å². The molecule has 0 spiro atoms. The van der Waals surface area contributed by atoms with E-state index >= 15 is 0 Å². The van der Waals surface area contributed by atoms with E-state index in [-0.39, 0.29) is 5.56 Å². The van der Waals surface area contributed by atoms with E-state index in [0.29, 0.717) is 10.6 Å². The van der Waals surface area contributed by atoms with Gasteiger partial charge in [-0.25, -0.2) is 8.78 Å². The van der Waals surface area contributed by atoms with Gasteiger partial charge in [0, 0.05) is 4.90 Å². The summed E-state index contributed by atoms with van der Waals surface area (Å²) in [5, 5.41) is 8.65. The van der Waals surface area contributed by atoms with Crippen LogP contribution in [0.1, 0.15) is 5.56 Å². The standard InChI is InChI=1S/C11H8F2NPS4/c1-2-5-17-15(16,18-8-12)19-10-4-3-9(7-14)11(13)6-10/h1,3-4,6H,5,8H2. The molecule has 0 aliphatic heterocycles. The zero-order chi connectivity index (χ0) is 14.3. The molecule has 1 aromatic carbocycles. The number of hydrogen-bond acceptors (Lipinski definition) is 5. The van der Waals surface area contributed by atoms with Crippen LogP contribution < -0.4 is 0 Å². The van der Waals surface area contributed by atoms with Gasteiger partial charge in [0.05, 0.1) is 11.3 Å². The van der Waals surface area contributed by atoms with Gasteiger partial charge >= 0.3 is 0 Å². The highest BCUT2D eigenvalue weighted by Gasteiger charge is 2.20. The third kappa shape index (κ3) is 5.38. The van der Waals surface area contributed by atoms with Crippen LogP contribution in [0, 0.1) is 29.5 Å². The van der Waals surface area contributed by atoms with Crippen LogP contribution in [-0.4, -0.2) is 11.8 Å². The third-order valence-corrected chi connectivity index (χ3v) is 15.1. The summed E-state index contributed by atoms with van der Waals surface area (Å²) >= 11 is 9.06. The fourth-order valence-electron chi connectivity index (χ4n) is 1.04. The Morgan fingerprint density at radius 1 is 1.42 bits per heavy atom. The average molecular weight is 351 g/mol. The van der Waals surface area contributed by atoms with Crippen molar-refractivity contribution >= 4 is 49.6 Å². The number of nitriles is 1. The van der Waals surface area contributed by atoms with Crippen LogP contribution in [-0.2, 0) is 11.8 Å². The summed E-state index contributed by atoms with van der Waals surface area (Å²) in [6, 6.07) is 5.41.